The number of benzene rings is 2. The van der Waals surface area contributed by atoms with Gasteiger partial charge in [0, 0.05) is 6.54 Å². The molecular weight excluding hydrogens is 278 g/mol. The van der Waals surface area contributed by atoms with Gasteiger partial charge in [-0.05, 0) is 23.8 Å². The number of fused-ring (bicyclic) bond motifs is 1. The monoisotopic (exact) mass is 293 g/mol. The van der Waals surface area contributed by atoms with Gasteiger partial charge in [-0.1, -0.05) is 30.3 Å². The van der Waals surface area contributed by atoms with Crippen LogP contribution in [0.2, 0.25) is 0 Å². The van der Waals surface area contributed by atoms with E-state index in [0.717, 1.165) is 11.3 Å². The van der Waals surface area contributed by atoms with Crippen LogP contribution >= 0.6 is 0 Å². The number of hydrogen-bond donors (Lipinski definition) is 1. The van der Waals surface area contributed by atoms with E-state index in [9.17, 15) is 10.1 Å². The van der Waals surface area contributed by atoms with Crippen LogP contribution < -0.4 is 15.4 Å². The number of carbonyl (C=O) groups is 1. The summed E-state index contributed by atoms with van der Waals surface area (Å²) >= 11 is 0. The summed E-state index contributed by atoms with van der Waals surface area (Å²) in [5, 5.41) is 9.22. The number of primary amides is 1. The third-order valence-corrected chi connectivity index (χ3v) is 3.68. The lowest BCUT2D eigenvalue weighted by molar-refractivity contribution is -0.124. The predicted molar refractivity (Wildman–Crippen MR) is 82.3 cm³/mol. The van der Waals surface area contributed by atoms with Crippen molar-refractivity contribution >= 4 is 11.6 Å². The van der Waals surface area contributed by atoms with E-state index in [1.165, 1.54) is 0 Å². The Morgan fingerprint density at radius 2 is 2.00 bits per heavy atom. The number of para-hydroxylation sites is 2. The molecule has 0 aliphatic carbocycles. The van der Waals surface area contributed by atoms with Crippen molar-refractivity contribution in [3.8, 4) is 11.8 Å². The van der Waals surface area contributed by atoms with Gasteiger partial charge in [-0.3, -0.25) is 4.79 Å². The Labute approximate surface area is 128 Å². The Balaban J connectivity index is 1.95. The minimum absolute atomic E-state index is 0.367. The first-order valence-electron chi connectivity index (χ1n) is 6.97. The molecule has 110 valence electrons. The average molecular weight is 293 g/mol. The van der Waals surface area contributed by atoms with Crippen LogP contribution in [0.15, 0.2) is 48.5 Å². The van der Waals surface area contributed by atoms with Crippen LogP contribution in [0.4, 0.5) is 5.69 Å². The third-order valence-electron chi connectivity index (χ3n) is 3.68. The Morgan fingerprint density at radius 3 is 2.77 bits per heavy atom. The maximum Gasteiger partial charge on any atom is 0.260 e. The fourth-order valence-electron chi connectivity index (χ4n) is 2.58. The van der Waals surface area contributed by atoms with Gasteiger partial charge in [-0.2, -0.15) is 5.26 Å². The number of nitrogens with two attached hydrogens (primary N) is 1. The summed E-state index contributed by atoms with van der Waals surface area (Å²) < 4.78 is 5.64. The maximum absolute atomic E-state index is 11.5. The molecule has 0 fully saturated rings. The van der Waals surface area contributed by atoms with E-state index in [1.54, 1.807) is 6.07 Å². The Morgan fingerprint density at radius 1 is 1.27 bits per heavy atom. The Bertz CT molecular complexity index is 752. The molecule has 0 bridgehead atoms. The molecule has 1 heterocycles. The van der Waals surface area contributed by atoms with E-state index >= 15 is 0 Å². The third kappa shape index (κ3) is 2.59. The van der Waals surface area contributed by atoms with Crippen molar-refractivity contribution in [2.75, 3.05) is 11.4 Å². The summed E-state index contributed by atoms with van der Waals surface area (Å²) in [4.78, 5) is 13.5. The van der Waals surface area contributed by atoms with E-state index in [-0.39, 0.29) is 0 Å². The van der Waals surface area contributed by atoms with E-state index in [2.05, 4.69) is 6.07 Å². The van der Waals surface area contributed by atoms with Crippen molar-refractivity contribution in [3.05, 3.63) is 59.7 Å². The van der Waals surface area contributed by atoms with E-state index in [4.69, 9.17) is 10.5 Å². The molecule has 0 saturated carbocycles. The van der Waals surface area contributed by atoms with Gasteiger partial charge in [0.15, 0.2) is 6.10 Å². The number of nitrogens with zero attached hydrogens (tertiary/aromatic N) is 2. The number of carbonyl (C=O) groups excluding carboxylic acids is 1. The molecule has 5 nitrogen and oxygen atoms in total. The lowest BCUT2D eigenvalue weighted by atomic mass is 10.1. The van der Waals surface area contributed by atoms with Gasteiger partial charge in [0.2, 0.25) is 0 Å². The molecule has 0 spiro atoms. The van der Waals surface area contributed by atoms with Crippen LogP contribution in [0.25, 0.3) is 0 Å². The summed E-state index contributed by atoms with van der Waals surface area (Å²) in [6.45, 7) is 0.889. The molecule has 0 radical (unpaired) electrons. The summed E-state index contributed by atoms with van der Waals surface area (Å²) in [5.74, 6) is 0.139. The Hall–Kier alpha value is -3.00. The molecule has 1 unspecified atom stereocenters. The van der Waals surface area contributed by atoms with Crippen LogP contribution in [0.3, 0.4) is 0 Å². The number of nitriles is 1. The molecular formula is C17H15N3O2. The second-order valence-electron chi connectivity index (χ2n) is 5.13. The maximum atomic E-state index is 11.5. The highest BCUT2D eigenvalue weighted by atomic mass is 16.5. The number of anilines is 1. The van der Waals surface area contributed by atoms with Crippen molar-refractivity contribution in [1.29, 1.82) is 5.26 Å². The minimum Gasteiger partial charge on any atom is -0.477 e. The molecule has 3 rings (SSSR count). The molecule has 1 atom stereocenters. The van der Waals surface area contributed by atoms with Gasteiger partial charge in [0.25, 0.3) is 5.91 Å². The summed E-state index contributed by atoms with van der Waals surface area (Å²) in [7, 11) is 0. The minimum atomic E-state index is -0.691. The van der Waals surface area contributed by atoms with Crippen molar-refractivity contribution in [2.24, 2.45) is 5.73 Å². The molecule has 2 aromatic rings. The predicted octanol–water partition coefficient (Wildman–Crippen LogP) is 1.81. The molecule has 1 aliphatic rings. The fraction of sp³-hybridized carbons (Fsp3) is 0.176. The first kappa shape index (κ1) is 14.0. The molecule has 2 aromatic carbocycles. The SMILES string of the molecule is N#Cc1ccccc1CN1CC(C(N)=O)Oc2ccccc21. The summed E-state index contributed by atoms with van der Waals surface area (Å²) in [6, 6.07) is 17.1. The molecule has 1 aliphatic heterocycles. The van der Waals surface area contributed by atoms with Gasteiger partial charge in [-0.15, -0.1) is 0 Å². The van der Waals surface area contributed by atoms with Crippen molar-refractivity contribution in [2.45, 2.75) is 12.6 Å². The van der Waals surface area contributed by atoms with E-state index in [0.29, 0.717) is 24.4 Å². The summed E-state index contributed by atoms with van der Waals surface area (Å²) in [6.07, 6.45) is -0.691. The largest absolute Gasteiger partial charge is 0.477 e. The standard InChI is InChI=1S/C17H15N3O2/c18-9-12-5-1-2-6-13(12)10-20-11-16(17(19)21)22-15-8-4-3-7-14(15)20/h1-8,16H,10-11H2,(H2,19,21). The molecule has 2 N–H and O–H groups in total. The fourth-order valence-corrected chi connectivity index (χ4v) is 2.58. The van der Waals surface area contributed by atoms with Crippen LogP contribution in [0.1, 0.15) is 11.1 Å². The van der Waals surface area contributed by atoms with Gasteiger partial charge in [0.05, 0.1) is 23.9 Å². The lowest BCUT2D eigenvalue weighted by Crippen LogP contribution is -2.47. The topological polar surface area (TPSA) is 79.4 Å². The van der Waals surface area contributed by atoms with Gasteiger partial charge in [-0.25, -0.2) is 0 Å². The molecule has 5 heteroatoms. The Kier molecular flexibility index (Phi) is 3.67. The lowest BCUT2D eigenvalue weighted by Gasteiger charge is -2.35. The average Bonchev–Trinajstić information content (AvgIpc) is 2.55. The van der Waals surface area contributed by atoms with E-state index < -0.39 is 12.0 Å². The van der Waals surface area contributed by atoms with E-state index in [1.807, 2.05) is 47.4 Å². The second-order valence-corrected chi connectivity index (χ2v) is 5.13. The van der Waals surface area contributed by atoms with Crippen LogP contribution in [0.5, 0.6) is 5.75 Å². The first-order chi connectivity index (χ1) is 10.7. The summed E-state index contributed by atoms with van der Waals surface area (Å²) in [5.41, 5.74) is 7.82. The zero-order valence-corrected chi connectivity index (χ0v) is 11.9. The van der Waals surface area contributed by atoms with Gasteiger partial charge in [0.1, 0.15) is 5.75 Å². The highest BCUT2D eigenvalue weighted by Gasteiger charge is 2.29. The second kappa shape index (κ2) is 5.78. The van der Waals surface area contributed by atoms with Crippen molar-refractivity contribution in [3.63, 3.8) is 0 Å². The zero-order chi connectivity index (χ0) is 15.5. The van der Waals surface area contributed by atoms with Crippen LogP contribution in [-0.4, -0.2) is 18.6 Å². The smallest absolute Gasteiger partial charge is 0.260 e. The molecule has 22 heavy (non-hydrogen) atoms. The van der Waals surface area contributed by atoms with Crippen LogP contribution in [0, 0.1) is 11.3 Å². The molecule has 0 aromatic heterocycles. The number of amides is 1. The van der Waals surface area contributed by atoms with Crippen molar-refractivity contribution in [1.82, 2.24) is 0 Å². The number of hydrogen-bond acceptors (Lipinski definition) is 4. The van der Waals surface area contributed by atoms with Crippen LogP contribution in [-0.2, 0) is 11.3 Å². The highest BCUT2D eigenvalue weighted by Crippen LogP contribution is 2.34. The van der Waals surface area contributed by atoms with Gasteiger partial charge >= 0.3 is 0 Å². The first-order valence-corrected chi connectivity index (χ1v) is 6.97. The highest BCUT2D eigenvalue weighted by molar-refractivity contribution is 5.81. The van der Waals surface area contributed by atoms with Crippen molar-refractivity contribution < 1.29 is 9.53 Å². The quantitative estimate of drug-likeness (QED) is 0.936. The number of rotatable bonds is 3. The molecule has 0 saturated heterocycles. The normalized spacial score (nSPS) is 16.3. The zero-order valence-electron chi connectivity index (χ0n) is 11.9. The molecule has 1 amide bonds. The van der Waals surface area contributed by atoms with Gasteiger partial charge < -0.3 is 15.4 Å². The number of ether oxygens (including phenoxy) is 1.